The van der Waals surface area contributed by atoms with Crippen molar-refractivity contribution in [2.45, 2.75) is 235 Å². The highest BCUT2D eigenvalue weighted by Crippen LogP contribution is 2.38. The molecule has 4 saturated heterocycles. The molecule has 11 amide bonds. The van der Waals surface area contributed by atoms with Crippen molar-refractivity contribution in [1.82, 2.24) is 60.5 Å². The molecule has 2 aromatic rings. The van der Waals surface area contributed by atoms with Crippen LogP contribution in [0.3, 0.4) is 0 Å². The van der Waals surface area contributed by atoms with Crippen LogP contribution in [0.25, 0.3) is 0 Å². The van der Waals surface area contributed by atoms with Crippen LogP contribution in [-0.4, -0.2) is 245 Å². The Labute approximate surface area is 622 Å². The lowest BCUT2D eigenvalue weighted by atomic mass is 9.91. The van der Waals surface area contributed by atoms with E-state index >= 15 is 9.59 Å². The average Bonchev–Trinajstić information content (AvgIpc) is 1.17. The number of amides is 11. The molecule has 4 aliphatic heterocycles. The number of fused-ring (bicyclic) bond motifs is 2. The van der Waals surface area contributed by atoms with E-state index in [4.69, 9.17) is 16.3 Å². The third-order valence-corrected chi connectivity index (χ3v) is 23.3. The monoisotopic (exact) mass is 1520 g/mol. The van der Waals surface area contributed by atoms with Crippen LogP contribution in [0.1, 0.15) is 172 Å². The van der Waals surface area contributed by atoms with Gasteiger partial charge in [0.1, 0.15) is 47.8 Å². The molecule has 0 radical (unpaired) electrons. The number of likely N-dealkylation sites (tertiary alicyclic amines) is 1. The number of nitrogens with zero attached hydrogens (tertiary/aromatic N) is 8. The Bertz CT molecular complexity index is 3480. The summed E-state index contributed by atoms with van der Waals surface area (Å²) in [6, 6.07) is -3.90. The van der Waals surface area contributed by atoms with Gasteiger partial charge in [0.2, 0.25) is 65.0 Å². The first-order chi connectivity index (χ1) is 50.0. The fourth-order valence-corrected chi connectivity index (χ4v) is 16.0. The normalized spacial score (nSPS) is 27.3. The second-order valence-corrected chi connectivity index (χ2v) is 30.6. The number of carbonyl (C=O) groups excluding carboxylic acids is 11. The zero-order chi connectivity index (χ0) is 77.9. The van der Waals surface area contributed by atoms with E-state index in [0.717, 1.165) is 84.7 Å². The molecule has 24 nitrogen and oxygen atoms in total. The molecule has 0 bridgehead atoms. The minimum absolute atomic E-state index is 0.00616. The number of carbonyl (C=O) groups is 11. The smallest absolute Gasteiger partial charge is 0.364 e. The lowest BCUT2D eigenvalue weighted by Gasteiger charge is -2.44. The molecule has 2 saturated carbocycles. The third-order valence-electron chi connectivity index (χ3n) is 22.9. The van der Waals surface area contributed by atoms with E-state index in [1.807, 2.05) is 20.8 Å². The summed E-state index contributed by atoms with van der Waals surface area (Å²) in [6.45, 7) is 8.83. The second kappa shape index (κ2) is 36.5. The number of alkyl halides is 6. The molecule has 1 spiro atoms. The van der Waals surface area contributed by atoms with Gasteiger partial charge < -0.3 is 60.3 Å². The summed E-state index contributed by atoms with van der Waals surface area (Å²) < 4.78 is 89.7. The second-order valence-electron chi connectivity index (χ2n) is 30.2. The van der Waals surface area contributed by atoms with Crippen LogP contribution in [0, 0.1) is 17.8 Å². The molecule has 0 aromatic heterocycles. The van der Waals surface area contributed by atoms with E-state index in [0.29, 0.717) is 45.2 Å². The van der Waals surface area contributed by atoms with Gasteiger partial charge in [-0.05, 0) is 131 Å². The van der Waals surface area contributed by atoms with Crippen molar-refractivity contribution in [2.75, 3.05) is 81.3 Å². The number of ether oxygens (including phenoxy) is 1. The molecule has 106 heavy (non-hydrogen) atoms. The molecule has 4 heterocycles. The lowest BCUT2D eigenvalue weighted by Crippen LogP contribution is -2.65. The Morgan fingerprint density at radius 1 is 0.642 bits per heavy atom. The van der Waals surface area contributed by atoms with E-state index in [9.17, 15) is 69.5 Å². The molecule has 31 heteroatoms. The highest BCUT2D eigenvalue weighted by atomic mass is 35.5. The number of hydrogen-bond acceptors (Lipinski definition) is 13. The Morgan fingerprint density at radius 2 is 1.27 bits per heavy atom. The molecule has 11 atom stereocenters. The summed E-state index contributed by atoms with van der Waals surface area (Å²) in [5.41, 5.74) is -3.14. The summed E-state index contributed by atoms with van der Waals surface area (Å²) in [6.07, 6.45) is -2.41. The molecule has 1 unspecified atom stereocenters. The summed E-state index contributed by atoms with van der Waals surface area (Å²) in [5.74, 6) is -8.01. The topological polar surface area (TPSA) is 271 Å². The van der Waals surface area contributed by atoms with Gasteiger partial charge in [0.15, 0.2) is 0 Å². The first kappa shape index (κ1) is 84.0. The lowest BCUT2D eigenvalue weighted by molar-refractivity contribution is -0.157. The van der Waals surface area contributed by atoms with Crippen LogP contribution >= 0.6 is 11.6 Å². The molecular weight excluding hydrogens is 1410 g/mol. The van der Waals surface area contributed by atoms with Crippen LogP contribution in [-0.2, 0) is 82.7 Å². The van der Waals surface area contributed by atoms with Gasteiger partial charge in [-0.25, -0.2) is 0 Å². The number of nitrogens with one attached hydrogen (secondary N) is 4. The number of aryl methyl sites for hydroxylation is 1. The van der Waals surface area contributed by atoms with Gasteiger partial charge in [0, 0.05) is 60.8 Å². The maximum Gasteiger partial charge on any atom is 0.417 e. The Balaban J connectivity index is 1.15. The molecule has 2 aliphatic carbocycles. The van der Waals surface area contributed by atoms with Gasteiger partial charge in [0.05, 0.1) is 54.5 Å². The summed E-state index contributed by atoms with van der Waals surface area (Å²) >= 11 is 6.14. The van der Waals surface area contributed by atoms with Crippen LogP contribution in [0.5, 0.6) is 0 Å². The van der Waals surface area contributed by atoms with E-state index in [2.05, 4.69) is 21.3 Å². The maximum absolute atomic E-state index is 15.3. The van der Waals surface area contributed by atoms with Gasteiger partial charge in [-0.2, -0.15) is 26.3 Å². The van der Waals surface area contributed by atoms with Crippen LogP contribution in [0.4, 0.5) is 26.3 Å². The van der Waals surface area contributed by atoms with Crippen molar-refractivity contribution < 1.29 is 83.8 Å². The molecule has 6 fully saturated rings. The van der Waals surface area contributed by atoms with Crippen molar-refractivity contribution in [3.63, 3.8) is 0 Å². The Morgan fingerprint density at radius 3 is 1.87 bits per heavy atom. The van der Waals surface area contributed by atoms with E-state index < -0.39 is 166 Å². The number of hydrogen-bond donors (Lipinski definition) is 4. The Hall–Kier alpha value is -7.60. The molecule has 8 rings (SSSR count). The minimum atomic E-state index is -4.80. The molecular formula is C75H107ClF6N12O12. The highest BCUT2D eigenvalue weighted by molar-refractivity contribution is 6.31. The number of halogens is 7. The van der Waals surface area contributed by atoms with Gasteiger partial charge in [-0.3, -0.25) is 57.6 Å². The quantitative estimate of drug-likeness (QED) is 0.157. The fraction of sp³-hybridized carbons (Fsp3) is 0.693. The summed E-state index contributed by atoms with van der Waals surface area (Å²) in [7, 11) is 7.28. The largest absolute Gasteiger partial charge is 0.417 e. The zero-order valence-electron chi connectivity index (χ0n) is 62.7. The summed E-state index contributed by atoms with van der Waals surface area (Å²) in [4.78, 5) is 174. The van der Waals surface area contributed by atoms with Crippen LogP contribution in [0.15, 0.2) is 42.5 Å². The van der Waals surface area contributed by atoms with Crippen LogP contribution < -0.4 is 21.3 Å². The van der Waals surface area contributed by atoms with Crippen molar-refractivity contribution in [1.29, 1.82) is 0 Å². The van der Waals surface area contributed by atoms with Gasteiger partial charge in [0.25, 0.3) is 0 Å². The zero-order valence-corrected chi connectivity index (χ0v) is 63.4. The Kier molecular flexibility index (Phi) is 29.0. The first-order valence-corrected chi connectivity index (χ1v) is 37.8. The van der Waals surface area contributed by atoms with Crippen molar-refractivity contribution >= 4 is 76.6 Å². The predicted molar refractivity (Wildman–Crippen MR) is 381 cm³/mol. The fourth-order valence-electron chi connectivity index (χ4n) is 15.7. The van der Waals surface area contributed by atoms with E-state index in [-0.39, 0.29) is 107 Å². The predicted octanol–water partition coefficient (Wildman–Crippen LogP) is 6.96. The maximum atomic E-state index is 15.3. The number of likely N-dealkylation sites (N-methyl/N-ethyl adjacent to an activating group) is 5. The average molecular weight is 1520 g/mol. The van der Waals surface area contributed by atoms with Crippen molar-refractivity contribution in [3.8, 4) is 0 Å². The van der Waals surface area contributed by atoms with Crippen LogP contribution in [0.2, 0.25) is 5.02 Å². The molecule has 4 N–H and O–H groups in total. The molecule has 2 aromatic carbocycles. The summed E-state index contributed by atoms with van der Waals surface area (Å²) in [5, 5.41) is 10.8. The van der Waals surface area contributed by atoms with E-state index in [1.54, 1.807) is 35.7 Å². The standard InChI is InChI=1S/C75H107ClF6N12O12/c1-11-45(3)60-43-106-44-88(7)58(71(104)92-34-17-18-35-92)41-62(96)89(8)57(39-48-20-13-14-21-48)64(97)85-63(46(4)12-2)66(99)83-47(5)67(100)94-37-31-56(94)70(103)90(9)59(40-50-23-27-51(28-24-50)74(77,78)79)69(102)87(6)42-61(95)84-54(30-26-49-25-29-52(53(76)38-49)75(80,81)82)68(101)93-36-19-22-55(93)65(98)86-73(32-15-16-33-73)72(105)91(60)10/h23-25,27-29,38,45-48,54-60,63H,11-22,26,30-37,39-44H2,1-10H3,(H,83,99)(H,84,95)(H,85,97)(H,86,98)/t45-,46-,47-,54-,55-,56?,57-,58-,59-,60+,63-/m0/s1. The van der Waals surface area contributed by atoms with Gasteiger partial charge in [-0.1, -0.05) is 109 Å². The molecule has 6 aliphatic rings. The SMILES string of the molecule is CC[C@H](C)[C@@H]1NC(=O)[C@H](CC2CCCC2)N(C)C(=O)C[C@@H](C(=O)N2CCCC2)N(C)COC[C@H]([C@@H](C)CC)N(C)C(=O)C2(CCCC2)NC(=O)[C@@H]2CCCN2C(=O)[C@H](CCc2ccc(C(F)(F)F)c(Cl)c2)NC(=O)CN(C)C(=O)[C@H](Cc2ccc(C(F)(F)F)cc2)N(C)C(=O)C2CCN2C(=O)[C@H](C)NC1=O. The van der Waals surface area contributed by atoms with Gasteiger partial charge in [-0.15, -0.1) is 0 Å². The third kappa shape index (κ3) is 20.4. The highest BCUT2D eigenvalue weighted by Gasteiger charge is 2.50. The number of benzene rings is 2. The first-order valence-electron chi connectivity index (χ1n) is 37.5. The van der Waals surface area contributed by atoms with E-state index in [1.165, 1.54) is 48.8 Å². The van der Waals surface area contributed by atoms with Crippen molar-refractivity contribution in [3.05, 3.63) is 69.7 Å². The number of rotatable bonds is 12. The van der Waals surface area contributed by atoms with Gasteiger partial charge >= 0.3 is 12.4 Å². The minimum Gasteiger partial charge on any atom is -0.364 e. The molecule has 588 valence electrons. The van der Waals surface area contributed by atoms with Crippen molar-refractivity contribution in [2.24, 2.45) is 17.8 Å².